The standard InChI is InChI=1S/C33H25NO2/c1-33(2)27-13-7-6-12-25(27)26-18-16-23(20-28(26)33)34(22-10-4-3-5-11-22)24-17-19-31-32(21-24)36-30-15-9-8-14-29(30)35-31/h3-21H,1-2H3. The maximum atomic E-state index is 6.24. The smallest absolute Gasteiger partial charge is 0.172 e. The first-order chi connectivity index (χ1) is 17.6. The summed E-state index contributed by atoms with van der Waals surface area (Å²) in [4.78, 5) is 2.28. The molecule has 174 valence electrons. The molecular formula is C33H25NO2. The van der Waals surface area contributed by atoms with E-state index in [-0.39, 0.29) is 5.41 Å². The first-order valence-electron chi connectivity index (χ1n) is 12.3. The maximum Gasteiger partial charge on any atom is 0.172 e. The van der Waals surface area contributed by atoms with Crippen LogP contribution in [0, 0.1) is 0 Å². The molecule has 5 aromatic carbocycles. The zero-order valence-corrected chi connectivity index (χ0v) is 20.2. The minimum atomic E-state index is -0.0686. The van der Waals surface area contributed by atoms with Gasteiger partial charge in [0.05, 0.1) is 5.69 Å². The lowest BCUT2D eigenvalue weighted by Gasteiger charge is -2.29. The van der Waals surface area contributed by atoms with Crippen molar-refractivity contribution in [3.05, 3.63) is 126 Å². The maximum absolute atomic E-state index is 6.24. The molecule has 7 rings (SSSR count). The number of hydrogen-bond donors (Lipinski definition) is 0. The Kier molecular flexibility index (Phi) is 4.49. The molecule has 0 unspecified atom stereocenters. The van der Waals surface area contributed by atoms with Gasteiger partial charge in [-0.2, -0.15) is 0 Å². The van der Waals surface area contributed by atoms with Gasteiger partial charge < -0.3 is 14.4 Å². The molecule has 0 saturated heterocycles. The third-order valence-corrected chi connectivity index (χ3v) is 7.31. The van der Waals surface area contributed by atoms with Gasteiger partial charge in [0.15, 0.2) is 23.0 Å². The number of rotatable bonds is 3. The molecule has 3 nitrogen and oxygen atoms in total. The molecule has 0 fully saturated rings. The molecular weight excluding hydrogens is 442 g/mol. The van der Waals surface area contributed by atoms with Crippen molar-refractivity contribution in [1.29, 1.82) is 0 Å². The fraction of sp³-hybridized carbons (Fsp3) is 0.0909. The van der Waals surface area contributed by atoms with Crippen LogP contribution in [0.1, 0.15) is 25.0 Å². The highest BCUT2D eigenvalue weighted by Gasteiger charge is 2.35. The lowest BCUT2D eigenvalue weighted by atomic mass is 9.82. The first kappa shape index (κ1) is 20.8. The molecule has 0 atom stereocenters. The molecule has 3 heteroatoms. The average molecular weight is 468 g/mol. The lowest BCUT2D eigenvalue weighted by molar-refractivity contribution is 0.360. The summed E-state index contributed by atoms with van der Waals surface area (Å²) in [5.41, 5.74) is 8.49. The van der Waals surface area contributed by atoms with Crippen molar-refractivity contribution in [1.82, 2.24) is 0 Å². The average Bonchev–Trinajstić information content (AvgIpc) is 3.15. The van der Waals surface area contributed by atoms with Crippen molar-refractivity contribution in [2.24, 2.45) is 0 Å². The summed E-state index contributed by atoms with van der Waals surface area (Å²) < 4.78 is 12.3. The summed E-state index contributed by atoms with van der Waals surface area (Å²) in [6.07, 6.45) is 0. The van der Waals surface area contributed by atoms with Crippen LogP contribution >= 0.6 is 0 Å². The van der Waals surface area contributed by atoms with Gasteiger partial charge in [0.2, 0.25) is 0 Å². The Morgan fingerprint density at radius 3 is 1.86 bits per heavy atom. The van der Waals surface area contributed by atoms with Gasteiger partial charge in [-0.1, -0.05) is 74.5 Å². The number of hydrogen-bond acceptors (Lipinski definition) is 3. The fourth-order valence-electron chi connectivity index (χ4n) is 5.51. The minimum Gasteiger partial charge on any atom is -0.450 e. The third-order valence-electron chi connectivity index (χ3n) is 7.31. The second kappa shape index (κ2) is 7.76. The Hall–Kier alpha value is -4.50. The number of para-hydroxylation sites is 3. The van der Waals surface area contributed by atoms with E-state index in [1.165, 1.54) is 22.3 Å². The molecule has 0 spiro atoms. The third kappa shape index (κ3) is 3.13. The van der Waals surface area contributed by atoms with Gasteiger partial charge in [0.25, 0.3) is 0 Å². The van der Waals surface area contributed by atoms with Gasteiger partial charge in [0, 0.05) is 22.9 Å². The largest absolute Gasteiger partial charge is 0.450 e. The van der Waals surface area contributed by atoms with Crippen LogP contribution in [0.4, 0.5) is 17.1 Å². The van der Waals surface area contributed by atoms with E-state index in [1.807, 2.05) is 36.4 Å². The van der Waals surface area contributed by atoms with Crippen molar-refractivity contribution in [2.45, 2.75) is 19.3 Å². The Morgan fingerprint density at radius 1 is 0.472 bits per heavy atom. The van der Waals surface area contributed by atoms with Crippen LogP contribution in [0.2, 0.25) is 0 Å². The molecule has 1 aliphatic heterocycles. The van der Waals surface area contributed by atoms with E-state index in [2.05, 4.69) is 97.6 Å². The van der Waals surface area contributed by atoms with Crippen molar-refractivity contribution in [3.63, 3.8) is 0 Å². The zero-order valence-electron chi connectivity index (χ0n) is 20.2. The molecule has 0 amide bonds. The minimum absolute atomic E-state index is 0.0686. The van der Waals surface area contributed by atoms with Crippen LogP contribution < -0.4 is 14.4 Å². The second-order valence-corrected chi connectivity index (χ2v) is 9.85. The molecule has 0 radical (unpaired) electrons. The van der Waals surface area contributed by atoms with Crippen LogP contribution in [0.15, 0.2) is 115 Å². The number of anilines is 3. The number of ether oxygens (including phenoxy) is 2. The van der Waals surface area contributed by atoms with Crippen molar-refractivity contribution >= 4 is 17.1 Å². The normalized spacial score (nSPS) is 13.9. The monoisotopic (exact) mass is 467 g/mol. The van der Waals surface area contributed by atoms with E-state index in [4.69, 9.17) is 9.47 Å². The Balaban J connectivity index is 1.36. The molecule has 1 heterocycles. The van der Waals surface area contributed by atoms with Crippen LogP contribution in [0.3, 0.4) is 0 Å². The molecule has 36 heavy (non-hydrogen) atoms. The number of fused-ring (bicyclic) bond motifs is 5. The number of nitrogens with zero attached hydrogens (tertiary/aromatic N) is 1. The van der Waals surface area contributed by atoms with E-state index >= 15 is 0 Å². The van der Waals surface area contributed by atoms with Crippen LogP contribution in [0.5, 0.6) is 23.0 Å². The van der Waals surface area contributed by atoms with E-state index in [1.54, 1.807) is 0 Å². The quantitative estimate of drug-likeness (QED) is 0.259. The van der Waals surface area contributed by atoms with Gasteiger partial charge in [0.1, 0.15) is 0 Å². The highest BCUT2D eigenvalue weighted by molar-refractivity contribution is 5.85. The Labute approximate surface area is 211 Å². The molecule has 0 saturated carbocycles. The molecule has 2 aliphatic rings. The molecule has 5 aromatic rings. The van der Waals surface area contributed by atoms with Gasteiger partial charge in [-0.25, -0.2) is 0 Å². The predicted molar refractivity (Wildman–Crippen MR) is 145 cm³/mol. The van der Waals surface area contributed by atoms with Crippen molar-refractivity contribution in [3.8, 4) is 34.1 Å². The molecule has 0 aromatic heterocycles. The van der Waals surface area contributed by atoms with Crippen LogP contribution in [-0.4, -0.2) is 0 Å². The van der Waals surface area contributed by atoms with Crippen molar-refractivity contribution in [2.75, 3.05) is 4.90 Å². The highest BCUT2D eigenvalue weighted by Crippen LogP contribution is 2.51. The summed E-state index contributed by atoms with van der Waals surface area (Å²) in [7, 11) is 0. The SMILES string of the molecule is CC1(C)c2ccccc2-c2ccc(N(c3ccccc3)c3ccc4c(c3)Oc3ccccc3O4)cc21. The molecule has 1 aliphatic carbocycles. The fourth-order valence-corrected chi connectivity index (χ4v) is 5.51. The van der Waals surface area contributed by atoms with Gasteiger partial charge >= 0.3 is 0 Å². The van der Waals surface area contributed by atoms with Crippen LogP contribution in [-0.2, 0) is 5.41 Å². The summed E-state index contributed by atoms with van der Waals surface area (Å²) in [6, 6.07) is 39.9. The first-order valence-corrected chi connectivity index (χ1v) is 12.3. The summed E-state index contributed by atoms with van der Waals surface area (Å²) in [6.45, 7) is 4.63. The lowest BCUT2D eigenvalue weighted by Crippen LogP contribution is -2.16. The van der Waals surface area contributed by atoms with Gasteiger partial charge in [-0.05, 0) is 70.8 Å². The predicted octanol–water partition coefficient (Wildman–Crippen LogP) is 9.36. The second-order valence-electron chi connectivity index (χ2n) is 9.85. The number of benzene rings is 5. The zero-order chi connectivity index (χ0) is 24.3. The Bertz CT molecular complexity index is 1620. The summed E-state index contributed by atoms with van der Waals surface area (Å²) in [5, 5.41) is 0. The summed E-state index contributed by atoms with van der Waals surface area (Å²) >= 11 is 0. The van der Waals surface area contributed by atoms with Gasteiger partial charge in [-0.3, -0.25) is 0 Å². The van der Waals surface area contributed by atoms with E-state index in [0.29, 0.717) is 5.75 Å². The molecule has 0 bridgehead atoms. The summed E-state index contributed by atoms with van der Waals surface area (Å²) in [5.74, 6) is 2.89. The van der Waals surface area contributed by atoms with Crippen LogP contribution in [0.25, 0.3) is 11.1 Å². The van der Waals surface area contributed by atoms with Crippen molar-refractivity contribution < 1.29 is 9.47 Å². The van der Waals surface area contributed by atoms with E-state index in [9.17, 15) is 0 Å². The Morgan fingerprint density at radius 2 is 1.06 bits per heavy atom. The topological polar surface area (TPSA) is 21.7 Å². The van der Waals surface area contributed by atoms with Gasteiger partial charge in [-0.15, -0.1) is 0 Å². The highest BCUT2D eigenvalue weighted by atomic mass is 16.6. The van der Waals surface area contributed by atoms with E-state index < -0.39 is 0 Å². The molecule has 0 N–H and O–H groups in total. The van der Waals surface area contributed by atoms with E-state index in [0.717, 1.165) is 34.3 Å².